The highest BCUT2D eigenvalue weighted by atomic mass is 14.8. The van der Waals surface area contributed by atoms with Crippen LogP contribution in [0.2, 0.25) is 0 Å². The van der Waals surface area contributed by atoms with Gasteiger partial charge >= 0.3 is 5.69 Å². The summed E-state index contributed by atoms with van der Waals surface area (Å²) < 4.78 is 0. The minimum Gasteiger partial charge on any atom is -0.0616 e. The van der Waals surface area contributed by atoms with Crippen molar-refractivity contribution in [2.24, 2.45) is 0 Å². The second-order valence-electron chi connectivity index (χ2n) is 2.63. The first-order valence-electron chi connectivity index (χ1n) is 3.74. The van der Waals surface area contributed by atoms with Crippen molar-refractivity contribution < 1.29 is 0 Å². The van der Waals surface area contributed by atoms with E-state index in [9.17, 15) is 0 Å². The second-order valence-corrected chi connectivity index (χ2v) is 2.63. The summed E-state index contributed by atoms with van der Waals surface area (Å²) >= 11 is 0. The van der Waals surface area contributed by atoms with Crippen LogP contribution in [0, 0.1) is 5.39 Å². The van der Waals surface area contributed by atoms with Crippen LogP contribution in [0.1, 0.15) is 0 Å². The molecule has 0 aliphatic carbocycles. The molecule has 0 N–H and O–H groups in total. The lowest BCUT2D eigenvalue weighted by Crippen LogP contribution is -1.69. The summed E-state index contributed by atoms with van der Waals surface area (Å²) in [5.41, 5.74) is 0.591. The number of nitrogens with zero attached hydrogens (tertiary/aromatic N) is 2. The van der Waals surface area contributed by atoms with Crippen LogP contribution >= 0.6 is 0 Å². The van der Waals surface area contributed by atoms with Gasteiger partial charge in [0.25, 0.3) is 0 Å². The fraction of sp³-hybridized carbons (Fsp3) is 0. The van der Waals surface area contributed by atoms with Gasteiger partial charge in [-0.1, -0.05) is 24.3 Å². The maximum atomic E-state index is 8.52. The Kier molecular flexibility index (Phi) is 1.49. The molecule has 2 heteroatoms. The fourth-order valence-electron chi connectivity index (χ4n) is 1.24. The average molecular weight is 155 g/mol. The van der Waals surface area contributed by atoms with Crippen molar-refractivity contribution >= 4 is 16.5 Å². The van der Waals surface area contributed by atoms with Gasteiger partial charge in [-0.2, -0.15) is 0 Å². The van der Waals surface area contributed by atoms with Gasteiger partial charge in [0.15, 0.2) is 4.98 Å². The van der Waals surface area contributed by atoms with Gasteiger partial charge in [0.2, 0.25) is 5.39 Å². The lowest BCUT2D eigenvalue weighted by atomic mass is 10.1. The van der Waals surface area contributed by atoms with E-state index in [1.165, 1.54) is 0 Å². The zero-order chi connectivity index (χ0) is 8.39. The maximum absolute atomic E-state index is 8.52. The molecule has 0 aliphatic heterocycles. The van der Waals surface area contributed by atoms with E-state index < -0.39 is 0 Å². The van der Waals surface area contributed by atoms with Crippen LogP contribution in [-0.4, -0.2) is 0 Å². The minimum absolute atomic E-state index is 0.591. The second kappa shape index (κ2) is 2.63. The predicted octanol–water partition coefficient (Wildman–Crippen LogP) is 3.32. The molecular weight excluding hydrogens is 148 g/mol. The first kappa shape index (κ1) is 6.81. The molecule has 0 radical (unpaired) electrons. The largest absolute Gasteiger partial charge is 0.385 e. The van der Waals surface area contributed by atoms with Crippen LogP contribution in [0.3, 0.4) is 0 Å². The first-order chi connectivity index (χ1) is 5.90. The van der Waals surface area contributed by atoms with Crippen LogP contribution in [0.4, 0.5) is 5.69 Å². The summed E-state index contributed by atoms with van der Waals surface area (Å²) in [6.07, 6.45) is 0. The standard InChI is InChI=1S/C10H7N2/c11-12-10-6-5-8-3-1-2-4-9(8)7-10/h1-7H/q+1. The van der Waals surface area contributed by atoms with Crippen LogP contribution < -0.4 is 0 Å². The van der Waals surface area contributed by atoms with E-state index in [0.717, 1.165) is 10.8 Å². The third-order valence-electron chi connectivity index (χ3n) is 1.85. The number of benzene rings is 2. The Morgan fingerprint density at radius 1 is 0.917 bits per heavy atom. The van der Waals surface area contributed by atoms with Gasteiger partial charge in [0.1, 0.15) is 0 Å². The maximum Gasteiger partial charge on any atom is 0.385 e. The topological polar surface area (TPSA) is 28.1 Å². The molecule has 0 aromatic heterocycles. The third kappa shape index (κ3) is 1.02. The molecular formula is C10H7N2+. The van der Waals surface area contributed by atoms with Gasteiger partial charge in [0.05, 0.1) is 0 Å². The SMILES string of the molecule is N#[N+]c1ccc2ccccc2c1. The van der Waals surface area contributed by atoms with Crippen LogP contribution in [0.25, 0.3) is 15.7 Å². The molecule has 0 spiro atoms. The van der Waals surface area contributed by atoms with Gasteiger partial charge in [0, 0.05) is 12.1 Å². The summed E-state index contributed by atoms with van der Waals surface area (Å²) in [7, 11) is 0. The van der Waals surface area contributed by atoms with Crippen molar-refractivity contribution in [1.29, 1.82) is 5.39 Å². The smallest absolute Gasteiger partial charge is 0.0616 e. The average Bonchev–Trinajstić information content (AvgIpc) is 2.17. The number of hydrogen-bond acceptors (Lipinski definition) is 1. The first-order valence-corrected chi connectivity index (χ1v) is 3.74. The quantitative estimate of drug-likeness (QED) is 0.536. The Morgan fingerprint density at radius 2 is 1.67 bits per heavy atom. The molecule has 0 unspecified atom stereocenters. The molecule has 0 heterocycles. The Bertz CT molecular complexity index is 455. The molecule has 0 saturated carbocycles. The highest BCUT2D eigenvalue weighted by molar-refractivity contribution is 5.85. The molecule has 0 aliphatic rings. The van der Waals surface area contributed by atoms with E-state index >= 15 is 0 Å². The number of diazo groups is 1. The summed E-state index contributed by atoms with van der Waals surface area (Å²) in [5, 5.41) is 10.8. The number of hydrogen-bond donors (Lipinski definition) is 0. The molecule has 0 bridgehead atoms. The third-order valence-corrected chi connectivity index (χ3v) is 1.85. The minimum atomic E-state index is 0.591. The van der Waals surface area contributed by atoms with E-state index in [4.69, 9.17) is 5.39 Å². The Labute approximate surface area is 70.1 Å². The lowest BCUT2D eigenvalue weighted by Gasteiger charge is -1.91. The number of fused-ring (bicyclic) bond motifs is 1. The van der Waals surface area contributed by atoms with E-state index in [-0.39, 0.29) is 0 Å². The molecule has 0 amide bonds. The zero-order valence-corrected chi connectivity index (χ0v) is 6.44. The van der Waals surface area contributed by atoms with E-state index in [1.807, 2.05) is 36.4 Å². The van der Waals surface area contributed by atoms with Crippen molar-refractivity contribution in [3.63, 3.8) is 0 Å². The van der Waals surface area contributed by atoms with Crippen LogP contribution in [0.5, 0.6) is 0 Å². The monoisotopic (exact) mass is 155 g/mol. The summed E-state index contributed by atoms with van der Waals surface area (Å²) in [6, 6.07) is 13.5. The van der Waals surface area contributed by atoms with E-state index in [0.29, 0.717) is 5.69 Å². The Balaban J connectivity index is 2.78. The molecule has 0 saturated heterocycles. The number of rotatable bonds is 0. The molecule has 12 heavy (non-hydrogen) atoms. The lowest BCUT2D eigenvalue weighted by molar-refractivity contribution is 1.47. The summed E-state index contributed by atoms with van der Waals surface area (Å²) in [5.74, 6) is 0. The van der Waals surface area contributed by atoms with Crippen LogP contribution in [0.15, 0.2) is 42.5 Å². The van der Waals surface area contributed by atoms with Crippen LogP contribution in [-0.2, 0) is 0 Å². The van der Waals surface area contributed by atoms with Crippen molar-refractivity contribution in [2.75, 3.05) is 0 Å². The van der Waals surface area contributed by atoms with Gasteiger partial charge < -0.3 is 0 Å². The zero-order valence-electron chi connectivity index (χ0n) is 6.44. The molecule has 0 fully saturated rings. The summed E-state index contributed by atoms with van der Waals surface area (Å²) in [4.78, 5) is 3.12. The fourth-order valence-corrected chi connectivity index (χ4v) is 1.24. The van der Waals surface area contributed by atoms with Gasteiger partial charge in [-0.05, 0) is 16.8 Å². The normalized spacial score (nSPS) is 9.58. The Morgan fingerprint density at radius 3 is 2.42 bits per heavy atom. The van der Waals surface area contributed by atoms with E-state index in [2.05, 4.69) is 4.98 Å². The van der Waals surface area contributed by atoms with Gasteiger partial charge in [-0.15, -0.1) is 0 Å². The van der Waals surface area contributed by atoms with Gasteiger partial charge in [-0.25, -0.2) is 0 Å². The molecule has 0 atom stereocenters. The highest BCUT2D eigenvalue weighted by Crippen LogP contribution is 2.20. The summed E-state index contributed by atoms with van der Waals surface area (Å²) in [6.45, 7) is 0. The van der Waals surface area contributed by atoms with Crippen molar-refractivity contribution in [1.82, 2.24) is 0 Å². The van der Waals surface area contributed by atoms with Crippen molar-refractivity contribution in [3.05, 3.63) is 47.4 Å². The molecule has 2 aromatic rings. The van der Waals surface area contributed by atoms with Crippen molar-refractivity contribution in [3.8, 4) is 0 Å². The molecule has 56 valence electrons. The molecule has 2 aromatic carbocycles. The highest BCUT2D eigenvalue weighted by Gasteiger charge is 2.03. The van der Waals surface area contributed by atoms with Gasteiger partial charge in [-0.3, -0.25) is 0 Å². The predicted molar refractivity (Wildman–Crippen MR) is 48.7 cm³/mol. The molecule has 2 rings (SSSR count). The van der Waals surface area contributed by atoms with Crippen molar-refractivity contribution in [2.45, 2.75) is 0 Å². The molecule has 2 nitrogen and oxygen atoms in total. The Hall–Kier alpha value is -1.88. The van der Waals surface area contributed by atoms with E-state index in [1.54, 1.807) is 6.07 Å².